The van der Waals surface area contributed by atoms with Gasteiger partial charge in [-0.2, -0.15) is 22.8 Å². The molecule has 114 valence electrons. The zero-order chi connectivity index (χ0) is 15.9. The Hall–Kier alpha value is -2.49. The van der Waals surface area contributed by atoms with E-state index < -0.39 is 12.1 Å². The van der Waals surface area contributed by atoms with Crippen LogP contribution < -0.4 is 5.32 Å². The smallest absolute Gasteiger partial charge is 0.318 e. The number of halogens is 3. The summed E-state index contributed by atoms with van der Waals surface area (Å²) >= 11 is 1.31. The summed E-state index contributed by atoms with van der Waals surface area (Å²) in [4.78, 5) is 11.5. The highest BCUT2D eigenvalue weighted by atomic mass is 32.1. The lowest BCUT2D eigenvalue weighted by Gasteiger charge is -2.07. The van der Waals surface area contributed by atoms with Crippen LogP contribution in [0.2, 0.25) is 0 Å². The standard InChI is InChI=1S/C12H8F3N5OS/c1-6-17-18-11-20(6)19-9(22-11)7-2-4-8(5-3-7)16-10(21)12(13,14)15/h2-5H,1H3,(H,16,21). The van der Waals surface area contributed by atoms with Crippen LogP contribution in [0, 0.1) is 6.92 Å². The van der Waals surface area contributed by atoms with E-state index in [0.717, 1.165) is 0 Å². The predicted octanol–water partition coefficient (Wildman–Crippen LogP) is 2.66. The number of hydrogen-bond acceptors (Lipinski definition) is 5. The second-order valence-electron chi connectivity index (χ2n) is 4.38. The van der Waals surface area contributed by atoms with Crippen molar-refractivity contribution in [3.63, 3.8) is 0 Å². The van der Waals surface area contributed by atoms with Gasteiger partial charge in [-0.05, 0) is 31.2 Å². The Balaban J connectivity index is 1.83. The van der Waals surface area contributed by atoms with Crippen molar-refractivity contribution in [3.05, 3.63) is 30.1 Å². The number of benzene rings is 1. The first-order valence-electron chi connectivity index (χ1n) is 6.02. The zero-order valence-corrected chi connectivity index (χ0v) is 11.9. The maximum atomic E-state index is 12.2. The number of anilines is 1. The molecule has 3 rings (SSSR count). The van der Waals surface area contributed by atoms with Crippen molar-refractivity contribution < 1.29 is 18.0 Å². The number of alkyl halides is 3. The zero-order valence-electron chi connectivity index (χ0n) is 11.0. The number of rotatable bonds is 2. The van der Waals surface area contributed by atoms with E-state index in [-0.39, 0.29) is 5.69 Å². The van der Waals surface area contributed by atoms with Gasteiger partial charge in [0.15, 0.2) is 5.82 Å². The minimum absolute atomic E-state index is 0.0604. The van der Waals surface area contributed by atoms with Crippen LogP contribution in [0.15, 0.2) is 24.3 Å². The van der Waals surface area contributed by atoms with Gasteiger partial charge in [0.1, 0.15) is 5.01 Å². The number of carbonyl (C=O) groups excluding carboxylic acids is 1. The maximum absolute atomic E-state index is 12.2. The molecule has 1 N–H and O–H groups in total. The molecule has 10 heteroatoms. The highest BCUT2D eigenvalue weighted by molar-refractivity contribution is 7.19. The van der Waals surface area contributed by atoms with E-state index in [9.17, 15) is 18.0 Å². The molecule has 0 aliphatic rings. The average molecular weight is 327 g/mol. The van der Waals surface area contributed by atoms with E-state index in [4.69, 9.17) is 0 Å². The number of nitrogens with one attached hydrogen (secondary N) is 1. The number of carbonyl (C=O) groups is 1. The quantitative estimate of drug-likeness (QED) is 0.785. The third-order valence-corrected chi connectivity index (χ3v) is 3.74. The van der Waals surface area contributed by atoms with Crippen LogP contribution in [-0.4, -0.2) is 31.9 Å². The first-order chi connectivity index (χ1) is 10.3. The van der Waals surface area contributed by atoms with Gasteiger partial charge in [-0.3, -0.25) is 4.79 Å². The number of fused-ring (bicyclic) bond motifs is 1. The van der Waals surface area contributed by atoms with Crippen molar-refractivity contribution in [2.24, 2.45) is 0 Å². The van der Waals surface area contributed by atoms with E-state index in [1.165, 1.54) is 23.5 Å². The van der Waals surface area contributed by atoms with Gasteiger partial charge in [-0.25, -0.2) is 0 Å². The molecule has 3 aromatic rings. The molecule has 1 amide bonds. The lowest BCUT2D eigenvalue weighted by Crippen LogP contribution is -2.29. The topological polar surface area (TPSA) is 72.2 Å². The van der Waals surface area contributed by atoms with E-state index in [1.54, 1.807) is 28.9 Å². The number of aromatic nitrogens is 4. The number of nitrogens with zero attached hydrogens (tertiary/aromatic N) is 4. The Kier molecular flexibility index (Phi) is 3.32. The van der Waals surface area contributed by atoms with Crippen LogP contribution in [0.5, 0.6) is 0 Å². The molecule has 22 heavy (non-hydrogen) atoms. The molecule has 0 aliphatic heterocycles. The summed E-state index contributed by atoms with van der Waals surface area (Å²) in [6, 6.07) is 5.92. The largest absolute Gasteiger partial charge is 0.471 e. The summed E-state index contributed by atoms with van der Waals surface area (Å²) in [5.41, 5.74) is 0.769. The highest BCUT2D eigenvalue weighted by Gasteiger charge is 2.38. The molecule has 2 aromatic heterocycles. The lowest BCUT2D eigenvalue weighted by molar-refractivity contribution is -0.167. The Bertz CT molecular complexity index is 837. The number of amides is 1. The van der Waals surface area contributed by atoms with E-state index in [1.807, 2.05) is 0 Å². The number of aryl methyl sites for hydroxylation is 1. The molecule has 0 fully saturated rings. The first-order valence-corrected chi connectivity index (χ1v) is 6.84. The third kappa shape index (κ3) is 2.64. The Labute approximate surface area is 125 Å². The summed E-state index contributed by atoms with van der Waals surface area (Å²) < 4.78 is 38.1. The summed E-state index contributed by atoms with van der Waals surface area (Å²) in [5, 5.41) is 14.6. The number of hydrogen-bond donors (Lipinski definition) is 1. The molecule has 0 atom stereocenters. The fraction of sp³-hybridized carbons (Fsp3) is 0.167. The molecule has 0 saturated heterocycles. The van der Waals surface area contributed by atoms with Crippen LogP contribution >= 0.6 is 11.3 Å². The van der Waals surface area contributed by atoms with Gasteiger partial charge in [0, 0.05) is 11.3 Å². The van der Waals surface area contributed by atoms with Crippen LogP contribution in [-0.2, 0) is 4.79 Å². The molecule has 2 heterocycles. The molecular formula is C12H8F3N5OS. The Morgan fingerprint density at radius 2 is 1.91 bits per heavy atom. The van der Waals surface area contributed by atoms with Gasteiger partial charge in [-0.1, -0.05) is 11.3 Å². The average Bonchev–Trinajstić information content (AvgIpc) is 3.01. The molecule has 0 bridgehead atoms. The second-order valence-corrected chi connectivity index (χ2v) is 5.33. The van der Waals surface area contributed by atoms with Crippen molar-refractivity contribution in [3.8, 4) is 10.6 Å². The van der Waals surface area contributed by atoms with Gasteiger partial charge >= 0.3 is 12.1 Å². The van der Waals surface area contributed by atoms with Gasteiger partial charge in [0.05, 0.1) is 0 Å². The highest BCUT2D eigenvalue weighted by Crippen LogP contribution is 2.27. The first kappa shape index (κ1) is 14.4. The van der Waals surface area contributed by atoms with Crippen molar-refractivity contribution in [2.75, 3.05) is 5.32 Å². The maximum Gasteiger partial charge on any atom is 0.471 e. The van der Waals surface area contributed by atoms with Crippen molar-refractivity contribution in [1.29, 1.82) is 0 Å². The summed E-state index contributed by atoms with van der Waals surface area (Å²) in [5.74, 6) is -1.36. The van der Waals surface area contributed by atoms with Gasteiger partial charge < -0.3 is 5.32 Å². The summed E-state index contributed by atoms with van der Waals surface area (Å²) in [6.45, 7) is 1.76. The van der Waals surface area contributed by atoms with Crippen LogP contribution in [0.3, 0.4) is 0 Å². The van der Waals surface area contributed by atoms with Gasteiger partial charge in [0.2, 0.25) is 4.96 Å². The lowest BCUT2D eigenvalue weighted by atomic mass is 10.2. The van der Waals surface area contributed by atoms with Crippen molar-refractivity contribution >= 4 is 27.9 Å². The summed E-state index contributed by atoms with van der Waals surface area (Å²) in [7, 11) is 0. The van der Waals surface area contributed by atoms with Crippen LogP contribution in [0.25, 0.3) is 15.5 Å². The van der Waals surface area contributed by atoms with E-state index in [0.29, 0.717) is 21.4 Å². The minimum Gasteiger partial charge on any atom is -0.318 e. The molecule has 0 spiro atoms. The molecule has 0 radical (unpaired) electrons. The molecule has 1 aromatic carbocycles. The molecule has 0 aliphatic carbocycles. The van der Waals surface area contributed by atoms with Gasteiger partial charge in [-0.15, -0.1) is 10.2 Å². The predicted molar refractivity (Wildman–Crippen MR) is 73.5 cm³/mol. The van der Waals surface area contributed by atoms with Gasteiger partial charge in [0.25, 0.3) is 0 Å². The molecule has 0 saturated carbocycles. The summed E-state index contributed by atoms with van der Waals surface area (Å²) in [6.07, 6.45) is -4.91. The Morgan fingerprint density at radius 1 is 1.23 bits per heavy atom. The van der Waals surface area contributed by atoms with Crippen molar-refractivity contribution in [1.82, 2.24) is 19.8 Å². The molecule has 6 nitrogen and oxygen atoms in total. The monoisotopic (exact) mass is 327 g/mol. The van der Waals surface area contributed by atoms with Crippen LogP contribution in [0.1, 0.15) is 5.82 Å². The van der Waals surface area contributed by atoms with Crippen LogP contribution in [0.4, 0.5) is 18.9 Å². The Morgan fingerprint density at radius 3 is 2.50 bits per heavy atom. The minimum atomic E-state index is -4.91. The van der Waals surface area contributed by atoms with E-state index in [2.05, 4.69) is 15.3 Å². The van der Waals surface area contributed by atoms with Crippen molar-refractivity contribution in [2.45, 2.75) is 13.1 Å². The fourth-order valence-corrected chi connectivity index (χ4v) is 2.62. The normalized spacial score (nSPS) is 11.8. The molecular weight excluding hydrogens is 319 g/mol. The van der Waals surface area contributed by atoms with E-state index >= 15 is 0 Å². The fourth-order valence-electron chi connectivity index (χ4n) is 1.73. The third-order valence-electron chi connectivity index (χ3n) is 2.79. The molecule has 0 unspecified atom stereocenters. The second kappa shape index (κ2) is 5.05. The SMILES string of the molecule is Cc1nnc2sc(-c3ccc(NC(=O)C(F)(F)F)cc3)nn12.